The molecule has 0 fully saturated rings. The highest BCUT2D eigenvalue weighted by Crippen LogP contribution is 2.21. The first-order valence-electron chi connectivity index (χ1n) is 5.60. The SMILES string of the molecule is CC(CCS(C)=O)NCc1cc(F)c(O)c(F)c1. The zero-order valence-electron chi connectivity index (χ0n) is 10.4. The monoisotopic (exact) mass is 277 g/mol. The molecule has 0 amide bonds. The topological polar surface area (TPSA) is 49.3 Å². The molecule has 1 aromatic rings. The van der Waals surface area contributed by atoms with Gasteiger partial charge in [0, 0.05) is 35.4 Å². The van der Waals surface area contributed by atoms with Gasteiger partial charge in [0.15, 0.2) is 17.4 Å². The van der Waals surface area contributed by atoms with Gasteiger partial charge >= 0.3 is 0 Å². The summed E-state index contributed by atoms with van der Waals surface area (Å²) in [5.74, 6) is -2.29. The fourth-order valence-electron chi connectivity index (χ4n) is 1.46. The third-order valence-electron chi connectivity index (χ3n) is 2.57. The first-order chi connectivity index (χ1) is 8.40. The lowest BCUT2D eigenvalue weighted by atomic mass is 10.1. The van der Waals surface area contributed by atoms with E-state index in [9.17, 15) is 13.0 Å². The molecule has 0 aliphatic carbocycles. The summed E-state index contributed by atoms with van der Waals surface area (Å²) < 4.78 is 37.0. The van der Waals surface area contributed by atoms with Crippen LogP contribution < -0.4 is 5.32 Å². The second-order valence-electron chi connectivity index (χ2n) is 4.26. The molecule has 0 saturated heterocycles. The molecular weight excluding hydrogens is 260 g/mol. The molecule has 6 heteroatoms. The zero-order chi connectivity index (χ0) is 13.7. The quantitative estimate of drug-likeness (QED) is 0.835. The molecule has 0 spiro atoms. The molecule has 1 aromatic carbocycles. The van der Waals surface area contributed by atoms with Crippen molar-refractivity contribution in [2.45, 2.75) is 25.9 Å². The van der Waals surface area contributed by atoms with Crippen LogP contribution in [0.2, 0.25) is 0 Å². The van der Waals surface area contributed by atoms with E-state index >= 15 is 0 Å². The van der Waals surface area contributed by atoms with Gasteiger partial charge < -0.3 is 10.4 Å². The molecule has 0 heterocycles. The van der Waals surface area contributed by atoms with Crippen LogP contribution in [0.5, 0.6) is 5.75 Å². The number of aromatic hydroxyl groups is 1. The van der Waals surface area contributed by atoms with E-state index in [0.717, 1.165) is 18.6 Å². The molecule has 2 N–H and O–H groups in total. The number of hydrogen-bond donors (Lipinski definition) is 2. The minimum atomic E-state index is -0.964. The second-order valence-corrected chi connectivity index (χ2v) is 5.81. The van der Waals surface area contributed by atoms with Crippen molar-refractivity contribution in [3.05, 3.63) is 29.3 Å². The number of nitrogens with one attached hydrogen (secondary N) is 1. The zero-order valence-corrected chi connectivity index (χ0v) is 11.2. The average Bonchev–Trinajstić information content (AvgIpc) is 2.30. The van der Waals surface area contributed by atoms with Gasteiger partial charge in [-0.15, -0.1) is 0 Å². The van der Waals surface area contributed by atoms with E-state index in [2.05, 4.69) is 5.32 Å². The molecule has 2 atom stereocenters. The maximum atomic E-state index is 13.1. The summed E-state index contributed by atoms with van der Waals surface area (Å²) in [5, 5.41) is 12.0. The molecule has 0 aliphatic heterocycles. The van der Waals surface area contributed by atoms with Crippen LogP contribution in [0.25, 0.3) is 0 Å². The highest BCUT2D eigenvalue weighted by Gasteiger charge is 2.10. The van der Waals surface area contributed by atoms with Crippen molar-refractivity contribution < 1.29 is 18.1 Å². The lowest BCUT2D eigenvalue weighted by molar-refractivity contribution is 0.394. The minimum Gasteiger partial charge on any atom is -0.503 e. The van der Waals surface area contributed by atoms with E-state index in [1.807, 2.05) is 6.92 Å². The molecule has 1 rings (SSSR count). The van der Waals surface area contributed by atoms with Crippen LogP contribution in [-0.2, 0) is 17.3 Å². The molecule has 0 aliphatic rings. The Morgan fingerprint density at radius 3 is 2.44 bits per heavy atom. The van der Waals surface area contributed by atoms with Crippen molar-refractivity contribution in [2.24, 2.45) is 0 Å². The fraction of sp³-hybridized carbons (Fsp3) is 0.500. The van der Waals surface area contributed by atoms with Crippen LogP contribution in [-0.4, -0.2) is 27.4 Å². The van der Waals surface area contributed by atoms with Crippen molar-refractivity contribution in [1.82, 2.24) is 5.32 Å². The van der Waals surface area contributed by atoms with E-state index in [1.54, 1.807) is 6.26 Å². The Bertz CT molecular complexity index is 417. The minimum absolute atomic E-state index is 0.105. The maximum absolute atomic E-state index is 13.1. The summed E-state index contributed by atoms with van der Waals surface area (Å²) in [4.78, 5) is 0. The van der Waals surface area contributed by atoms with Gasteiger partial charge in [0.25, 0.3) is 0 Å². The van der Waals surface area contributed by atoms with E-state index < -0.39 is 28.2 Å². The number of halogens is 2. The number of hydrogen-bond acceptors (Lipinski definition) is 3. The van der Waals surface area contributed by atoms with Gasteiger partial charge in [-0.05, 0) is 31.0 Å². The average molecular weight is 277 g/mol. The van der Waals surface area contributed by atoms with Crippen molar-refractivity contribution in [1.29, 1.82) is 0 Å². The first-order valence-corrected chi connectivity index (χ1v) is 7.33. The van der Waals surface area contributed by atoms with Crippen LogP contribution in [0.15, 0.2) is 12.1 Å². The lowest BCUT2D eigenvalue weighted by Crippen LogP contribution is -2.27. The predicted molar refractivity (Wildman–Crippen MR) is 67.9 cm³/mol. The van der Waals surface area contributed by atoms with Gasteiger partial charge in [-0.3, -0.25) is 4.21 Å². The molecule has 3 nitrogen and oxygen atoms in total. The number of benzene rings is 1. The normalized spacial score (nSPS) is 14.4. The van der Waals surface area contributed by atoms with Gasteiger partial charge in [0.05, 0.1) is 0 Å². The van der Waals surface area contributed by atoms with Gasteiger partial charge in [-0.25, -0.2) is 8.78 Å². The summed E-state index contributed by atoms with van der Waals surface area (Å²) in [6.45, 7) is 2.21. The van der Waals surface area contributed by atoms with Crippen LogP contribution in [0.1, 0.15) is 18.9 Å². The molecule has 0 bridgehead atoms. The Balaban J connectivity index is 2.51. The molecule has 18 heavy (non-hydrogen) atoms. The standard InChI is InChI=1S/C12H17F2NO2S/c1-8(3-4-18(2)17)15-7-9-5-10(13)12(16)11(14)6-9/h5-6,8,15-16H,3-4,7H2,1-2H3. The number of phenols is 1. The highest BCUT2D eigenvalue weighted by atomic mass is 32.2. The maximum Gasteiger partial charge on any atom is 0.187 e. The Hall–Kier alpha value is -1.01. The molecule has 0 aromatic heterocycles. The van der Waals surface area contributed by atoms with Crippen LogP contribution in [0.3, 0.4) is 0 Å². The van der Waals surface area contributed by atoms with Gasteiger partial charge in [-0.1, -0.05) is 0 Å². The third kappa shape index (κ3) is 4.70. The summed E-state index contributed by atoms with van der Waals surface area (Å²) in [5.41, 5.74) is 0.423. The highest BCUT2D eigenvalue weighted by molar-refractivity contribution is 7.84. The van der Waals surface area contributed by atoms with E-state index in [1.165, 1.54) is 0 Å². The Morgan fingerprint density at radius 1 is 1.39 bits per heavy atom. The van der Waals surface area contributed by atoms with Crippen molar-refractivity contribution in [2.75, 3.05) is 12.0 Å². The van der Waals surface area contributed by atoms with Gasteiger partial charge in [0.2, 0.25) is 0 Å². The largest absolute Gasteiger partial charge is 0.503 e. The predicted octanol–water partition coefficient (Wildman–Crippen LogP) is 1.92. The smallest absolute Gasteiger partial charge is 0.187 e. The Kier molecular flexibility index (Phi) is 5.68. The van der Waals surface area contributed by atoms with Crippen LogP contribution >= 0.6 is 0 Å². The fourth-order valence-corrected chi connectivity index (χ4v) is 2.14. The van der Waals surface area contributed by atoms with Gasteiger partial charge in [0.1, 0.15) is 0 Å². The molecular formula is C12H17F2NO2S. The molecule has 2 unspecified atom stereocenters. The number of phenolic OH excluding ortho intramolecular Hbond substituents is 1. The lowest BCUT2D eigenvalue weighted by Gasteiger charge is -2.13. The van der Waals surface area contributed by atoms with Gasteiger partial charge in [-0.2, -0.15) is 0 Å². The van der Waals surface area contributed by atoms with Crippen molar-refractivity contribution in [3.8, 4) is 5.75 Å². The molecule has 0 radical (unpaired) electrons. The van der Waals surface area contributed by atoms with E-state index in [0.29, 0.717) is 17.9 Å². The van der Waals surface area contributed by atoms with Crippen molar-refractivity contribution >= 4 is 10.8 Å². The van der Waals surface area contributed by atoms with Crippen LogP contribution in [0, 0.1) is 11.6 Å². The van der Waals surface area contributed by atoms with E-state index in [-0.39, 0.29) is 6.04 Å². The number of rotatable bonds is 6. The van der Waals surface area contributed by atoms with Crippen molar-refractivity contribution in [3.63, 3.8) is 0 Å². The Labute approximate surface area is 108 Å². The second kappa shape index (κ2) is 6.80. The Morgan fingerprint density at radius 2 is 1.94 bits per heavy atom. The molecule has 102 valence electrons. The molecule has 0 saturated carbocycles. The summed E-state index contributed by atoms with van der Waals surface area (Å²) in [7, 11) is -0.838. The van der Waals surface area contributed by atoms with E-state index in [4.69, 9.17) is 5.11 Å². The van der Waals surface area contributed by atoms with Crippen LogP contribution in [0.4, 0.5) is 8.78 Å². The third-order valence-corrected chi connectivity index (χ3v) is 3.38. The first kappa shape index (κ1) is 15.0. The summed E-state index contributed by atoms with van der Waals surface area (Å²) >= 11 is 0. The summed E-state index contributed by atoms with van der Waals surface area (Å²) in [6.07, 6.45) is 2.36. The summed E-state index contributed by atoms with van der Waals surface area (Å²) in [6, 6.07) is 2.29.